The van der Waals surface area contributed by atoms with Gasteiger partial charge in [0.25, 0.3) is 5.91 Å². The molecular formula is C18H20FN3O2. The van der Waals surface area contributed by atoms with Crippen molar-refractivity contribution in [2.45, 2.75) is 39.0 Å². The summed E-state index contributed by atoms with van der Waals surface area (Å²) in [6, 6.07) is 6.54. The maximum absolute atomic E-state index is 14.1. The Balaban J connectivity index is 1.54. The van der Waals surface area contributed by atoms with E-state index < -0.39 is 11.9 Å². The zero-order valence-corrected chi connectivity index (χ0v) is 13.6. The molecule has 126 valence electrons. The Morgan fingerprint density at radius 1 is 1.33 bits per heavy atom. The van der Waals surface area contributed by atoms with E-state index in [0.29, 0.717) is 31.2 Å². The number of benzene rings is 1. The number of hydrogen-bond acceptors (Lipinski definition) is 3. The smallest absolute Gasteiger partial charge is 0.257 e. The lowest BCUT2D eigenvalue weighted by Gasteiger charge is -2.27. The van der Waals surface area contributed by atoms with Crippen molar-refractivity contribution in [2.75, 3.05) is 6.54 Å². The second-order valence-electron chi connectivity index (χ2n) is 6.78. The Kier molecular flexibility index (Phi) is 3.64. The van der Waals surface area contributed by atoms with Gasteiger partial charge in [-0.3, -0.25) is 9.48 Å². The van der Waals surface area contributed by atoms with E-state index >= 15 is 0 Å². The fourth-order valence-electron chi connectivity index (χ4n) is 3.22. The molecular weight excluding hydrogens is 309 g/mol. The fourth-order valence-corrected chi connectivity index (χ4v) is 3.22. The summed E-state index contributed by atoms with van der Waals surface area (Å²) in [6.45, 7) is 3.23. The first-order valence-corrected chi connectivity index (χ1v) is 8.33. The van der Waals surface area contributed by atoms with Crippen molar-refractivity contribution in [3.63, 3.8) is 0 Å². The molecule has 1 aromatic carbocycles. The number of amides is 1. The zero-order valence-electron chi connectivity index (χ0n) is 13.6. The van der Waals surface area contributed by atoms with Crippen LogP contribution in [0.1, 0.15) is 46.3 Å². The average Bonchev–Trinajstić information content (AvgIpc) is 3.32. The first-order chi connectivity index (χ1) is 11.5. The molecule has 6 heteroatoms. The normalized spacial score (nSPS) is 18.4. The van der Waals surface area contributed by atoms with Gasteiger partial charge in [0.1, 0.15) is 11.9 Å². The summed E-state index contributed by atoms with van der Waals surface area (Å²) in [4.78, 5) is 14.2. The minimum atomic E-state index is -0.512. The van der Waals surface area contributed by atoms with E-state index in [1.54, 1.807) is 24.0 Å². The topological polar surface area (TPSA) is 58.4 Å². The third kappa shape index (κ3) is 2.71. The molecule has 1 aromatic heterocycles. The number of aryl methyl sites for hydroxylation is 1. The van der Waals surface area contributed by atoms with Gasteiger partial charge in [0.05, 0.1) is 30.0 Å². The lowest BCUT2D eigenvalue weighted by atomic mass is 10.1. The van der Waals surface area contributed by atoms with Crippen LogP contribution in [0.4, 0.5) is 4.39 Å². The van der Waals surface area contributed by atoms with Crippen molar-refractivity contribution in [1.29, 1.82) is 0 Å². The van der Waals surface area contributed by atoms with Crippen LogP contribution in [0, 0.1) is 18.7 Å². The molecule has 0 radical (unpaired) electrons. The molecule has 4 rings (SSSR count). The number of fused-ring (bicyclic) bond motifs is 1. The fraction of sp³-hybridized carbons (Fsp3) is 0.444. The predicted molar refractivity (Wildman–Crippen MR) is 85.8 cm³/mol. The molecule has 1 aliphatic carbocycles. The number of carbonyl (C=O) groups is 1. The molecule has 0 spiro atoms. The SMILES string of the molecule is Cc1ccc(C(=O)N2CCn3nc([C@@H](O)C4CC4)cc3C2)c(F)c1. The molecule has 1 saturated carbocycles. The first kappa shape index (κ1) is 15.3. The maximum atomic E-state index is 14.1. The lowest BCUT2D eigenvalue weighted by molar-refractivity contribution is 0.0700. The van der Waals surface area contributed by atoms with Gasteiger partial charge in [-0.05, 0) is 49.4 Å². The Hall–Kier alpha value is -2.21. The molecule has 0 unspecified atom stereocenters. The highest BCUT2D eigenvalue weighted by Crippen LogP contribution is 2.40. The Labute approximate surface area is 139 Å². The predicted octanol–water partition coefficient (Wildman–Crippen LogP) is 2.43. The van der Waals surface area contributed by atoms with Crippen LogP contribution < -0.4 is 0 Å². The van der Waals surface area contributed by atoms with Gasteiger partial charge >= 0.3 is 0 Å². The van der Waals surface area contributed by atoms with Crippen LogP contribution in [-0.4, -0.2) is 32.2 Å². The minimum Gasteiger partial charge on any atom is -0.386 e. The summed E-state index contributed by atoms with van der Waals surface area (Å²) in [6.07, 6.45) is 1.57. The van der Waals surface area contributed by atoms with E-state index in [9.17, 15) is 14.3 Å². The minimum absolute atomic E-state index is 0.104. The summed E-state index contributed by atoms with van der Waals surface area (Å²) in [5, 5.41) is 14.7. The Morgan fingerprint density at radius 3 is 2.83 bits per heavy atom. The second kappa shape index (κ2) is 5.70. The highest BCUT2D eigenvalue weighted by atomic mass is 19.1. The molecule has 1 atom stereocenters. The summed E-state index contributed by atoms with van der Waals surface area (Å²) < 4.78 is 15.9. The number of aliphatic hydroxyl groups is 1. The monoisotopic (exact) mass is 329 g/mol. The third-order valence-electron chi connectivity index (χ3n) is 4.83. The summed E-state index contributed by atoms with van der Waals surface area (Å²) in [7, 11) is 0. The molecule has 1 amide bonds. The van der Waals surface area contributed by atoms with E-state index in [1.165, 1.54) is 6.07 Å². The van der Waals surface area contributed by atoms with Crippen LogP contribution in [0.3, 0.4) is 0 Å². The summed E-state index contributed by atoms with van der Waals surface area (Å²) in [5.74, 6) is -0.463. The molecule has 0 saturated heterocycles. The molecule has 2 aromatic rings. The highest BCUT2D eigenvalue weighted by molar-refractivity contribution is 5.94. The van der Waals surface area contributed by atoms with Gasteiger partial charge in [-0.2, -0.15) is 5.10 Å². The summed E-state index contributed by atoms with van der Waals surface area (Å²) in [5.41, 5.74) is 2.46. The molecule has 24 heavy (non-hydrogen) atoms. The lowest BCUT2D eigenvalue weighted by Crippen LogP contribution is -2.38. The first-order valence-electron chi connectivity index (χ1n) is 8.33. The Morgan fingerprint density at radius 2 is 2.12 bits per heavy atom. The van der Waals surface area contributed by atoms with Gasteiger partial charge in [-0.1, -0.05) is 6.07 Å². The van der Waals surface area contributed by atoms with Crippen LogP contribution >= 0.6 is 0 Å². The van der Waals surface area contributed by atoms with Gasteiger partial charge < -0.3 is 10.0 Å². The number of halogens is 1. The van der Waals surface area contributed by atoms with E-state index in [0.717, 1.165) is 24.1 Å². The molecule has 5 nitrogen and oxygen atoms in total. The van der Waals surface area contributed by atoms with Crippen molar-refractivity contribution in [3.8, 4) is 0 Å². The van der Waals surface area contributed by atoms with E-state index in [4.69, 9.17) is 0 Å². The third-order valence-corrected chi connectivity index (χ3v) is 4.83. The van der Waals surface area contributed by atoms with Crippen LogP contribution in [0.5, 0.6) is 0 Å². The maximum Gasteiger partial charge on any atom is 0.257 e. The summed E-state index contributed by atoms with van der Waals surface area (Å²) >= 11 is 0. The van der Waals surface area contributed by atoms with Crippen molar-refractivity contribution in [1.82, 2.24) is 14.7 Å². The molecule has 1 N–H and O–H groups in total. The van der Waals surface area contributed by atoms with Crippen molar-refractivity contribution >= 4 is 5.91 Å². The quantitative estimate of drug-likeness (QED) is 0.941. The number of nitrogens with zero attached hydrogens (tertiary/aromatic N) is 3. The largest absolute Gasteiger partial charge is 0.386 e. The van der Waals surface area contributed by atoms with Crippen LogP contribution in [0.15, 0.2) is 24.3 Å². The van der Waals surface area contributed by atoms with Gasteiger partial charge in [0.2, 0.25) is 0 Å². The molecule has 2 aliphatic rings. The number of carbonyl (C=O) groups excluding carboxylic acids is 1. The van der Waals surface area contributed by atoms with Crippen molar-refractivity contribution < 1.29 is 14.3 Å². The van der Waals surface area contributed by atoms with Crippen LogP contribution in [-0.2, 0) is 13.1 Å². The number of rotatable bonds is 3. The van der Waals surface area contributed by atoms with Crippen LogP contribution in [0.25, 0.3) is 0 Å². The van der Waals surface area contributed by atoms with Crippen molar-refractivity contribution in [3.05, 3.63) is 52.6 Å². The molecule has 0 bridgehead atoms. The zero-order chi connectivity index (χ0) is 16.8. The number of aliphatic hydroxyl groups excluding tert-OH is 1. The van der Waals surface area contributed by atoms with Gasteiger partial charge in [0, 0.05) is 6.54 Å². The van der Waals surface area contributed by atoms with Crippen LogP contribution in [0.2, 0.25) is 0 Å². The number of hydrogen-bond donors (Lipinski definition) is 1. The van der Waals surface area contributed by atoms with Gasteiger partial charge in [-0.25, -0.2) is 4.39 Å². The molecule has 2 heterocycles. The second-order valence-corrected chi connectivity index (χ2v) is 6.78. The molecule has 1 fully saturated rings. The molecule has 1 aliphatic heterocycles. The van der Waals surface area contributed by atoms with E-state index in [-0.39, 0.29) is 11.5 Å². The Bertz CT molecular complexity index is 798. The van der Waals surface area contributed by atoms with Gasteiger partial charge in [0.15, 0.2) is 0 Å². The van der Waals surface area contributed by atoms with E-state index in [1.807, 2.05) is 10.7 Å². The highest BCUT2D eigenvalue weighted by Gasteiger charge is 2.34. The van der Waals surface area contributed by atoms with Crippen molar-refractivity contribution in [2.24, 2.45) is 5.92 Å². The standard InChI is InChI=1S/C18H20FN3O2/c1-11-2-5-14(15(19)8-11)18(24)21-6-7-22-13(10-21)9-16(20-22)17(23)12-3-4-12/h2,5,8-9,12,17,23H,3-4,6-7,10H2,1H3/t17-/m0/s1. The van der Waals surface area contributed by atoms with Gasteiger partial charge in [-0.15, -0.1) is 0 Å². The average molecular weight is 329 g/mol. The number of aromatic nitrogens is 2. The van der Waals surface area contributed by atoms with E-state index in [2.05, 4.69) is 5.10 Å².